The molecule has 0 saturated carbocycles. The lowest BCUT2D eigenvalue weighted by Gasteiger charge is -2.07. The first kappa shape index (κ1) is 17.3. The van der Waals surface area contributed by atoms with Gasteiger partial charge in [0.25, 0.3) is 0 Å². The second kappa shape index (κ2) is 11.4. The monoisotopic (exact) mass is 266 g/mol. The van der Waals surface area contributed by atoms with Crippen molar-refractivity contribution in [1.82, 2.24) is 0 Å². The van der Waals surface area contributed by atoms with Gasteiger partial charge in [-0.05, 0) is 12.5 Å². The van der Waals surface area contributed by atoms with E-state index in [-0.39, 0.29) is 18.3 Å². The molecule has 106 valence electrons. The molecule has 0 aliphatic carbocycles. The number of carbonyl (C=O) groups is 2. The fourth-order valence-electron chi connectivity index (χ4n) is 1.33. The SMILES string of the molecule is CCCC(C=CC=CC=CC(=O)CC(=O)OC)OC. The average molecular weight is 266 g/mol. The largest absolute Gasteiger partial charge is 0.469 e. The summed E-state index contributed by atoms with van der Waals surface area (Å²) in [6.45, 7) is 2.10. The third kappa shape index (κ3) is 9.97. The average Bonchev–Trinajstić information content (AvgIpc) is 2.41. The van der Waals surface area contributed by atoms with Crippen molar-refractivity contribution in [2.75, 3.05) is 14.2 Å². The summed E-state index contributed by atoms with van der Waals surface area (Å²) in [6.07, 6.45) is 12.3. The summed E-state index contributed by atoms with van der Waals surface area (Å²) in [4.78, 5) is 22.0. The normalized spacial score (nSPS) is 13.4. The molecule has 0 aromatic heterocycles. The molecule has 0 aromatic carbocycles. The van der Waals surface area contributed by atoms with E-state index in [1.54, 1.807) is 19.3 Å². The van der Waals surface area contributed by atoms with E-state index in [0.717, 1.165) is 12.8 Å². The van der Waals surface area contributed by atoms with Gasteiger partial charge in [-0.3, -0.25) is 9.59 Å². The zero-order chi connectivity index (χ0) is 14.5. The summed E-state index contributed by atoms with van der Waals surface area (Å²) in [5.41, 5.74) is 0. The van der Waals surface area contributed by atoms with Crippen LogP contribution in [0.4, 0.5) is 0 Å². The number of hydrogen-bond donors (Lipinski definition) is 0. The highest BCUT2D eigenvalue weighted by Gasteiger charge is 2.04. The smallest absolute Gasteiger partial charge is 0.313 e. The van der Waals surface area contributed by atoms with Gasteiger partial charge in [0, 0.05) is 7.11 Å². The van der Waals surface area contributed by atoms with Crippen molar-refractivity contribution in [3.8, 4) is 0 Å². The van der Waals surface area contributed by atoms with Gasteiger partial charge in [-0.1, -0.05) is 43.7 Å². The minimum absolute atomic E-state index is 0.125. The number of carbonyl (C=O) groups excluding carboxylic acids is 2. The van der Waals surface area contributed by atoms with Gasteiger partial charge in [0.05, 0.1) is 13.2 Å². The number of ether oxygens (including phenoxy) is 2. The van der Waals surface area contributed by atoms with Gasteiger partial charge < -0.3 is 9.47 Å². The van der Waals surface area contributed by atoms with Crippen LogP contribution in [0.25, 0.3) is 0 Å². The highest BCUT2D eigenvalue weighted by Crippen LogP contribution is 2.02. The lowest BCUT2D eigenvalue weighted by Crippen LogP contribution is -2.06. The number of methoxy groups -OCH3 is 2. The third-order valence-corrected chi connectivity index (χ3v) is 2.36. The van der Waals surface area contributed by atoms with E-state index < -0.39 is 5.97 Å². The molecular weight excluding hydrogens is 244 g/mol. The van der Waals surface area contributed by atoms with Crippen LogP contribution in [0.1, 0.15) is 26.2 Å². The zero-order valence-electron chi connectivity index (χ0n) is 11.8. The highest BCUT2D eigenvalue weighted by atomic mass is 16.5. The molecule has 0 aliphatic heterocycles. The van der Waals surface area contributed by atoms with Crippen molar-refractivity contribution in [3.63, 3.8) is 0 Å². The van der Waals surface area contributed by atoms with E-state index in [0.29, 0.717) is 0 Å². The van der Waals surface area contributed by atoms with E-state index in [9.17, 15) is 9.59 Å². The Hall–Kier alpha value is -1.68. The molecule has 4 nitrogen and oxygen atoms in total. The zero-order valence-corrected chi connectivity index (χ0v) is 11.8. The maximum Gasteiger partial charge on any atom is 0.313 e. The first-order valence-electron chi connectivity index (χ1n) is 6.28. The molecule has 1 unspecified atom stereocenters. The Morgan fingerprint density at radius 2 is 1.79 bits per heavy atom. The second-order valence-electron chi connectivity index (χ2n) is 3.91. The van der Waals surface area contributed by atoms with Gasteiger partial charge in [0.2, 0.25) is 0 Å². The van der Waals surface area contributed by atoms with Gasteiger partial charge >= 0.3 is 5.97 Å². The Kier molecular flexibility index (Phi) is 10.4. The quantitative estimate of drug-likeness (QED) is 0.278. The third-order valence-electron chi connectivity index (χ3n) is 2.36. The van der Waals surface area contributed by atoms with E-state index in [4.69, 9.17) is 4.74 Å². The van der Waals surface area contributed by atoms with Crippen LogP contribution >= 0.6 is 0 Å². The number of rotatable bonds is 9. The van der Waals surface area contributed by atoms with Crippen molar-refractivity contribution in [2.24, 2.45) is 0 Å². The number of ketones is 1. The molecule has 1 atom stereocenters. The lowest BCUT2D eigenvalue weighted by atomic mass is 10.2. The molecule has 0 radical (unpaired) electrons. The number of hydrogen-bond acceptors (Lipinski definition) is 4. The summed E-state index contributed by atoms with van der Waals surface area (Å²) in [6, 6.07) is 0. The number of esters is 1. The summed E-state index contributed by atoms with van der Waals surface area (Å²) in [7, 11) is 2.94. The van der Waals surface area contributed by atoms with E-state index in [1.165, 1.54) is 13.2 Å². The summed E-state index contributed by atoms with van der Waals surface area (Å²) in [5.74, 6) is -0.803. The van der Waals surface area contributed by atoms with Crippen molar-refractivity contribution in [3.05, 3.63) is 36.5 Å². The molecule has 19 heavy (non-hydrogen) atoms. The minimum Gasteiger partial charge on any atom is -0.469 e. The lowest BCUT2D eigenvalue weighted by molar-refractivity contribution is -0.142. The van der Waals surface area contributed by atoms with Gasteiger partial charge in [0.1, 0.15) is 6.42 Å². The maximum atomic E-state index is 11.2. The Morgan fingerprint density at radius 3 is 2.37 bits per heavy atom. The Bertz CT molecular complexity index is 353. The first-order chi connectivity index (χ1) is 9.13. The van der Waals surface area contributed by atoms with Crippen LogP contribution in [-0.4, -0.2) is 32.1 Å². The fraction of sp³-hybridized carbons (Fsp3) is 0.467. The molecule has 4 heteroatoms. The van der Waals surface area contributed by atoms with Gasteiger partial charge in [-0.25, -0.2) is 0 Å². The minimum atomic E-state index is -0.527. The van der Waals surface area contributed by atoms with E-state index in [1.807, 2.05) is 18.2 Å². The molecule has 0 N–H and O–H groups in total. The van der Waals surface area contributed by atoms with E-state index in [2.05, 4.69) is 11.7 Å². The molecule has 0 fully saturated rings. The maximum absolute atomic E-state index is 11.2. The van der Waals surface area contributed by atoms with Crippen LogP contribution in [0.15, 0.2) is 36.5 Å². The van der Waals surface area contributed by atoms with E-state index >= 15 is 0 Å². The second-order valence-corrected chi connectivity index (χ2v) is 3.91. The van der Waals surface area contributed by atoms with Crippen molar-refractivity contribution < 1.29 is 19.1 Å². The Balaban J connectivity index is 4.04. The first-order valence-corrected chi connectivity index (χ1v) is 6.28. The van der Waals surface area contributed by atoms with Crippen molar-refractivity contribution in [2.45, 2.75) is 32.3 Å². The van der Waals surface area contributed by atoms with Crippen LogP contribution in [0.2, 0.25) is 0 Å². The molecular formula is C15H22O4. The standard InChI is InChI=1S/C15H22O4/c1-4-9-14(18-2)11-8-6-5-7-10-13(16)12-15(17)19-3/h5-8,10-11,14H,4,9,12H2,1-3H3. The van der Waals surface area contributed by atoms with Crippen LogP contribution in [0.3, 0.4) is 0 Å². The van der Waals surface area contributed by atoms with Crippen LogP contribution < -0.4 is 0 Å². The van der Waals surface area contributed by atoms with Gasteiger partial charge in [-0.2, -0.15) is 0 Å². The molecule has 0 heterocycles. The predicted molar refractivity (Wildman–Crippen MR) is 74.8 cm³/mol. The molecule has 0 spiro atoms. The molecule has 0 bridgehead atoms. The van der Waals surface area contributed by atoms with Crippen LogP contribution in [0.5, 0.6) is 0 Å². The Morgan fingerprint density at radius 1 is 1.11 bits per heavy atom. The van der Waals surface area contributed by atoms with Crippen molar-refractivity contribution >= 4 is 11.8 Å². The topological polar surface area (TPSA) is 52.6 Å². The molecule has 0 amide bonds. The number of allylic oxidation sites excluding steroid dienone is 5. The molecule has 0 saturated heterocycles. The fourth-order valence-corrected chi connectivity index (χ4v) is 1.33. The summed E-state index contributed by atoms with van der Waals surface area (Å²) >= 11 is 0. The molecule has 0 rings (SSSR count). The predicted octanol–water partition coefficient (Wildman–Crippen LogP) is 2.60. The molecule has 0 aromatic rings. The van der Waals surface area contributed by atoms with Crippen LogP contribution in [0, 0.1) is 0 Å². The highest BCUT2D eigenvalue weighted by molar-refractivity contribution is 6.01. The summed E-state index contributed by atoms with van der Waals surface area (Å²) < 4.78 is 9.64. The molecule has 0 aliphatic rings. The van der Waals surface area contributed by atoms with Crippen LogP contribution in [-0.2, 0) is 19.1 Å². The Labute approximate surface area is 114 Å². The van der Waals surface area contributed by atoms with Gasteiger partial charge in [0.15, 0.2) is 5.78 Å². The van der Waals surface area contributed by atoms with Crippen molar-refractivity contribution in [1.29, 1.82) is 0 Å². The van der Waals surface area contributed by atoms with Gasteiger partial charge in [-0.15, -0.1) is 0 Å². The summed E-state index contributed by atoms with van der Waals surface area (Å²) in [5, 5.41) is 0.